The van der Waals surface area contributed by atoms with Gasteiger partial charge in [-0.15, -0.1) is 0 Å². The summed E-state index contributed by atoms with van der Waals surface area (Å²) in [6, 6.07) is 13.9. The lowest BCUT2D eigenvalue weighted by Crippen LogP contribution is -2.19. The third-order valence-corrected chi connectivity index (χ3v) is 5.42. The van der Waals surface area contributed by atoms with E-state index < -0.39 is 5.97 Å². The van der Waals surface area contributed by atoms with Gasteiger partial charge in [0.15, 0.2) is 0 Å². The Morgan fingerprint density at radius 1 is 1.03 bits per heavy atom. The zero-order valence-corrected chi connectivity index (χ0v) is 19.6. The van der Waals surface area contributed by atoms with Crippen LogP contribution in [0.25, 0.3) is 0 Å². The summed E-state index contributed by atoms with van der Waals surface area (Å²) in [6.45, 7) is 5.63. The van der Waals surface area contributed by atoms with Gasteiger partial charge in [0.1, 0.15) is 16.3 Å². The molecule has 0 radical (unpaired) electrons. The van der Waals surface area contributed by atoms with Crippen molar-refractivity contribution < 1.29 is 19.1 Å². The number of nitrogens with zero attached hydrogens (tertiary/aromatic N) is 2. The fourth-order valence-electron chi connectivity index (χ4n) is 2.85. The first-order valence-corrected chi connectivity index (χ1v) is 10.9. The lowest BCUT2D eigenvalue weighted by atomic mass is 10.1. The van der Waals surface area contributed by atoms with Crippen LogP contribution in [0.1, 0.15) is 35.5 Å². The summed E-state index contributed by atoms with van der Waals surface area (Å²) in [5.41, 5.74) is 6.73. The van der Waals surface area contributed by atoms with Crippen molar-refractivity contribution in [2.75, 3.05) is 29.8 Å². The van der Waals surface area contributed by atoms with Gasteiger partial charge in [-0.2, -0.15) is 9.47 Å². The molecule has 0 fully saturated rings. The molecule has 0 saturated carbocycles. The number of anilines is 3. The van der Waals surface area contributed by atoms with Crippen LogP contribution < -0.4 is 20.8 Å². The minimum Gasteiger partial charge on any atom is -0.497 e. The number of nitrogens with one attached hydrogen (secondary N) is 3. The SMILES string of the molecule is CCOC(=O)c1c(C)nsc1N/N=C(\C)c1ccc(NC(=O)Nc2ccc(OC)cc2)cc1. The third kappa shape index (κ3) is 6.30. The van der Waals surface area contributed by atoms with Gasteiger partial charge >= 0.3 is 12.0 Å². The highest BCUT2D eigenvalue weighted by Gasteiger charge is 2.19. The standard InChI is InChI=1S/C23H25N5O4S/c1-5-32-22(29)20-15(3)28-33-21(20)27-26-14(2)16-6-8-17(9-7-16)24-23(30)25-18-10-12-19(31-4)13-11-18/h6-13,27H,5H2,1-4H3,(H2,24,25,30)/b26-14+. The summed E-state index contributed by atoms with van der Waals surface area (Å²) in [7, 11) is 1.59. The van der Waals surface area contributed by atoms with E-state index in [0.717, 1.165) is 17.1 Å². The van der Waals surface area contributed by atoms with Crippen LogP contribution in [0.3, 0.4) is 0 Å². The summed E-state index contributed by atoms with van der Waals surface area (Å²) < 4.78 is 14.4. The fourth-order valence-corrected chi connectivity index (χ4v) is 3.58. The summed E-state index contributed by atoms with van der Waals surface area (Å²) in [5.74, 6) is 0.285. The highest BCUT2D eigenvalue weighted by Crippen LogP contribution is 2.25. The number of methoxy groups -OCH3 is 1. The molecule has 9 nitrogen and oxygen atoms in total. The lowest BCUT2D eigenvalue weighted by molar-refractivity contribution is 0.0527. The van der Waals surface area contributed by atoms with Gasteiger partial charge in [-0.25, -0.2) is 9.59 Å². The number of aromatic nitrogens is 1. The van der Waals surface area contributed by atoms with Crippen LogP contribution in [-0.2, 0) is 4.74 Å². The van der Waals surface area contributed by atoms with Gasteiger partial charge in [-0.3, -0.25) is 5.43 Å². The molecule has 3 aromatic rings. The molecule has 0 saturated heterocycles. The molecule has 0 aliphatic rings. The monoisotopic (exact) mass is 467 g/mol. The number of benzene rings is 2. The van der Waals surface area contributed by atoms with Crippen LogP contribution in [-0.4, -0.2) is 35.8 Å². The van der Waals surface area contributed by atoms with Crippen molar-refractivity contribution in [2.24, 2.45) is 5.10 Å². The van der Waals surface area contributed by atoms with E-state index in [0.29, 0.717) is 39.1 Å². The van der Waals surface area contributed by atoms with Crippen molar-refractivity contribution in [3.8, 4) is 5.75 Å². The second-order valence-corrected chi connectivity index (χ2v) is 7.66. The molecule has 0 bridgehead atoms. The van der Waals surface area contributed by atoms with Crippen molar-refractivity contribution in [1.82, 2.24) is 4.37 Å². The molecule has 2 amide bonds. The predicted octanol–water partition coefficient (Wildman–Crippen LogP) is 5.12. The molecule has 3 rings (SSSR count). The van der Waals surface area contributed by atoms with E-state index in [-0.39, 0.29) is 12.6 Å². The van der Waals surface area contributed by atoms with Crippen molar-refractivity contribution in [2.45, 2.75) is 20.8 Å². The average Bonchev–Trinajstić information content (AvgIpc) is 3.19. The first kappa shape index (κ1) is 23.7. The highest BCUT2D eigenvalue weighted by molar-refractivity contribution is 7.10. The molecule has 3 N–H and O–H groups in total. The van der Waals surface area contributed by atoms with Crippen molar-refractivity contribution in [3.05, 3.63) is 65.4 Å². The van der Waals surface area contributed by atoms with E-state index in [2.05, 4.69) is 25.5 Å². The molecule has 1 aromatic heterocycles. The Hall–Kier alpha value is -3.92. The summed E-state index contributed by atoms with van der Waals surface area (Å²) in [5, 5.41) is 10.4. The smallest absolute Gasteiger partial charge is 0.343 e. The topological polar surface area (TPSA) is 114 Å². The number of esters is 1. The average molecular weight is 468 g/mol. The fraction of sp³-hybridized carbons (Fsp3) is 0.217. The molecule has 0 aliphatic heterocycles. The zero-order valence-electron chi connectivity index (χ0n) is 18.8. The first-order chi connectivity index (χ1) is 15.9. The Morgan fingerprint density at radius 3 is 2.21 bits per heavy atom. The highest BCUT2D eigenvalue weighted by atomic mass is 32.1. The first-order valence-electron chi connectivity index (χ1n) is 10.2. The summed E-state index contributed by atoms with van der Waals surface area (Å²) >= 11 is 1.15. The zero-order chi connectivity index (χ0) is 23.8. The van der Waals surface area contributed by atoms with Crippen LogP contribution in [0, 0.1) is 6.92 Å². The van der Waals surface area contributed by atoms with E-state index in [1.165, 1.54) is 0 Å². The number of rotatable bonds is 8. The van der Waals surface area contributed by atoms with E-state index in [9.17, 15) is 9.59 Å². The van der Waals surface area contributed by atoms with Gasteiger partial charge in [0.05, 0.1) is 25.1 Å². The van der Waals surface area contributed by atoms with Crippen LogP contribution in [0.5, 0.6) is 5.75 Å². The molecule has 10 heteroatoms. The van der Waals surface area contributed by atoms with Crippen LogP contribution in [0.4, 0.5) is 21.2 Å². The quantitative estimate of drug-likeness (QED) is 0.241. The van der Waals surface area contributed by atoms with Crippen LogP contribution in [0.2, 0.25) is 0 Å². The van der Waals surface area contributed by atoms with E-state index >= 15 is 0 Å². The predicted molar refractivity (Wildman–Crippen MR) is 131 cm³/mol. The second-order valence-electron chi connectivity index (χ2n) is 6.89. The Bertz CT molecular complexity index is 1140. The number of urea groups is 1. The second kappa shape index (κ2) is 11.1. The molecule has 0 atom stereocenters. The van der Waals surface area contributed by atoms with Gasteiger partial charge in [0.25, 0.3) is 0 Å². The molecular weight excluding hydrogens is 442 g/mol. The van der Waals surface area contributed by atoms with Gasteiger partial charge in [-0.1, -0.05) is 12.1 Å². The molecule has 0 unspecified atom stereocenters. The van der Waals surface area contributed by atoms with Crippen LogP contribution in [0.15, 0.2) is 53.6 Å². The van der Waals surface area contributed by atoms with Gasteiger partial charge in [0, 0.05) is 11.4 Å². The number of amides is 2. The summed E-state index contributed by atoms with van der Waals surface area (Å²) in [6.07, 6.45) is 0. The normalized spacial score (nSPS) is 11.0. The van der Waals surface area contributed by atoms with Crippen LogP contribution >= 0.6 is 11.5 Å². The van der Waals surface area contributed by atoms with Gasteiger partial charge in [-0.05, 0) is 74.3 Å². The Balaban J connectivity index is 1.60. The molecular formula is C23H25N5O4S. The van der Waals surface area contributed by atoms with E-state index in [1.54, 1.807) is 57.4 Å². The number of hydrazone groups is 1. The summed E-state index contributed by atoms with van der Waals surface area (Å²) in [4.78, 5) is 24.4. The number of aryl methyl sites for hydroxylation is 1. The molecule has 0 spiro atoms. The maximum absolute atomic E-state index is 12.2. The molecule has 0 aliphatic carbocycles. The van der Waals surface area contributed by atoms with Crippen molar-refractivity contribution in [3.63, 3.8) is 0 Å². The molecule has 33 heavy (non-hydrogen) atoms. The minimum atomic E-state index is -0.428. The molecule has 2 aromatic carbocycles. The van der Waals surface area contributed by atoms with E-state index in [1.807, 2.05) is 19.1 Å². The van der Waals surface area contributed by atoms with E-state index in [4.69, 9.17) is 9.47 Å². The number of ether oxygens (including phenoxy) is 2. The largest absolute Gasteiger partial charge is 0.497 e. The Morgan fingerprint density at radius 2 is 1.64 bits per heavy atom. The maximum Gasteiger partial charge on any atom is 0.343 e. The van der Waals surface area contributed by atoms with Gasteiger partial charge in [0.2, 0.25) is 0 Å². The number of carbonyl (C=O) groups excluding carboxylic acids is 2. The van der Waals surface area contributed by atoms with Gasteiger partial charge < -0.3 is 20.1 Å². The molecule has 172 valence electrons. The number of hydrogen-bond acceptors (Lipinski definition) is 8. The lowest BCUT2D eigenvalue weighted by Gasteiger charge is -2.09. The Labute approximate surface area is 196 Å². The number of hydrogen-bond donors (Lipinski definition) is 3. The Kier molecular flexibility index (Phi) is 7.98. The number of carbonyl (C=O) groups is 2. The minimum absolute atomic E-state index is 0.286. The third-order valence-electron chi connectivity index (χ3n) is 4.58. The maximum atomic E-state index is 12.2. The molecule has 1 heterocycles. The van der Waals surface area contributed by atoms with Crippen molar-refractivity contribution >= 4 is 45.6 Å². The van der Waals surface area contributed by atoms with Crippen molar-refractivity contribution in [1.29, 1.82) is 0 Å².